The lowest BCUT2D eigenvalue weighted by atomic mass is 10.0. The summed E-state index contributed by atoms with van der Waals surface area (Å²) in [4.78, 5) is 7.65. The molecule has 2 rings (SSSR count). The summed E-state index contributed by atoms with van der Waals surface area (Å²) in [6.45, 7) is 5.23. The highest BCUT2D eigenvalue weighted by atomic mass is 19.4. The zero-order chi connectivity index (χ0) is 15.5. The molecule has 1 heterocycles. The fourth-order valence-corrected chi connectivity index (χ4v) is 2.11. The van der Waals surface area contributed by atoms with Crippen LogP contribution >= 0.6 is 0 Å². The quantitative estimate of drug-likeness (QED) is 0.801. The Balaban J connectivity index is 2.14. The number of aromatic nitrogens is 2. The van der Waals surface area contributed by atoms with E-state index >= 15 is 0 Å². The summed E-state index contributed by atoms with van der Waals surface area (Å²) >= 11 is 0. The van der Waals surface area contributed by atoms with E-state index in [1.54, 1.807) is 0 Å². The van der Waals surface area contributed by atoms with Gasteiger partial charge in [0.15, 0.2) is 5.69 Å². The molecule has 1 aromatic rings. The van der Waals surface area contributed by atoms with Crippen LogP contribution in [0.1, 0.15) is 45.2 Å². The number of alkyl halides is 3. The Bertz CT molecular complexity index is 484. The molecule has 0 atom stereocenters. The molecule has 0 unspecified atom stereocenters. The first-order valence-corrected chi connectivity index (χ1v) is 7.32. The monoisotopic (exact) mass is 302 g/mol. The summed E-state index contributed by atoms with van der Waals surface area (Å²) in [6.07, 6.45) is -0.410. The summed E-state index contributed by atoms with van der Waals surface area (Å²) in [7, 11) is 0. The molecule has 1 aliphatic rings. The smallest absolute Gasteiger partial charge is 0.369 e. The van der Waals surface area contributed by atoms with Gasteiger partial charge in [0.05, 0.1) is 0 Å². The summed E-state index contributed by atoms with van der Waals surface area (Å²) in [5, 5.41) is 5.85. The highest BCUT2D eigenvalue weighted by Crippen LogP contribution is 2.48. The van der Waals surface area contributed by atoms with Gasteiger partial charge in [-0.1, -0.05) is 13.8 Å². The second-order valence-electron chi connectivity index (χ2n) is 5.59. The van der Waals surface area contributed by atoms with E-state index < -0.39 is 11.9 Å². The molecule has 0 aromatic carbocycles. The van der Waals surface area contributed by atoms with E-state index in [0.717, 1.165) is 31.7 Å². The molecule has 118 valence electrons. The minimum Gasteiger partial charge on any atom is -0.369 e. The molecule has 0 amide bonds. The minimum atomic E-state index is -4.47. The number of hydrogen-bond donors (Lipinski definition) is 2. The van der Waals surface area contributed by atoms with Gasteiger partial charge in [0, 0.05) is 19.2 Å². The zero-order valence-corrected chi connectivity index (χ0v) is 12.3. The molecule has 1 fully saturated rings. The fraction of sp³-hybridized carbons (Fsp3) is 0.714. The molecule has 0 bridgehead atoms. The first-order valence-electron chi connectivity index (χ1n) is 7.32. The summed E-state index contributed by atoms with van der Waals surface area (Å²) in [5.74, 6) is 0.256. The number of nitrogens with one attached hydrogen (secondary N) is 2. The SMILES string of the molecule is CCCNc1nc(NCC2(CC)CC2)cc(C(F)(F)F)n1. The molecule has 0 aliphatic heterocycles. The lowest BCUT2D eigenvalue weighted by molar-refractivity contribution is -0.141. The Morgan fingerprint density at radius 1 is 1.19 bits per heavy atom. The summed E-state index contributed by atoms with van der Waals surface area (Å²) in [6, 6.07) is 0.975. The van der Waals surface area contributed by atoms with Crippen LogP contribution in [0, 0.1) is 5.41 Å². The molecule has 7 heteroatoms. The van der Waals surface area contributed by atoms with Gasteiger partial charge < -0.3 is 10.6 Å². The van der Waals surface area contributed by atoms with Crippen molar-refractivity contribution < 1.29 is 13.2 Å². The van der Waals surface area contributed by atoms with Crippen LogP contribution in [0.3, 0.4) is 0 Å². The van der Waals surface area contributed by atoms with Gasteiger partial charge >= 0.3 is 6.18 Å². The normalized spacial score (nSPS) is 16.6. The maximum Gasteiger partial charge on any atom is 0.433 e. The molecule has 2 N–H and O–H groups in total. The molecule has 0 spiro atoms. The van der Waals surface area contributed by atoms with Crippen molar-refractivity contribution in [3.05, 3.63) is 11.8 Å². The van der Waals surface area contributed by atoms with Gasteiger partial charge in [-0.05, 0) is 31.1 Å². The molecule has 1 aromatic heterocycles. The topological polar surface area (TPSA) is 49.8 Å². The van der Waals surface area contributed by atoms with Gasteiger partial charge in [0.2, 0.25) is 5.95 Å². The van der Waals surface area contributed by atoms with Gasteiger partial charge in [-0.15, -0.1) is 0 Å². The average Bonchev–Trinajstić information content (AvgIpc) is 3.22. The van der Waals surface area contributed by atoms with E-state index in [1.807, 2.05) is 6.92 Å². The van der Waals surface area contributed by atoms with Crippen LogP contribution in [0.25, 0.3) is 0 Å². The molecule has 1 aliphatic carbocycles. The Labute approximate surface area is 122 Å². The standard InChI is InChI=1S/C14H21F3N4/c1-3-7-18-12-20-10(14(15,16)17)8-11(21-12)19-9-13(4-2)5-6-13/h8H,3-7,9H2,1-2H3,(H2,18,19,20,21). The van der Waals surface area contributed by atoms with E-state index in [0.29, 0.717) is 13.1 Å². The number of rotatable bonds is 7. The predicted molar refractivity (Wildman–Crippen MR) is 76.3 cm³/mol. The van der Waals surface area contributed by atoms with Gasteiger partial charge in [0.25, 0.3) is 0 Å². The van der Waals surface area contributed by atoms with Crippen LogP contribution in [0.4, 0.5) is 24.9 Å². The largest absolute Gasteiger partial charge is 0.433 e. The zero-order valence-electron chi connectivity index (χ0n) is 12.3. The third-order valence-electron chi connectivity index (χ3n) is 3.90. The summed E-state index contributed by atoms with van der Waals surface area (Å²) in [5.41, 5.74) is -0.680. The maximum absolute atomic E-state index is 12.9. The Morgan fingerprint density at radius 3 is 2.43 bits per heavy atom. The predicted octanol–water partition coefficient (Wildman–Crippen LogP) is 3.92. The maximum atomic E-state index is 12.9. The number of halogens is 3. The fourth-order valence-electron chi connectivity index (χ4n) is 2.11. The molecule has 1 saturated carbocycles. The van der Waals surface area contributed by atoms with Gasteiger partial charge in [-0.3, -0.25) is 0 Å². The van der Waals surface area contributed by atoms with Gasteiger partial charge in [-0.2, -0.15) is 18.2 Å². The van der Waals surface area contributed by atoms with E-state index in [4.69, 9.17) is 0 Å². The van der Waals surface area contributed by atoms with Crippen molar-refractivity contribution in [2.45, 2.75) is 45.7 Å². The minimum absolute atomic E-state index is 0.0236. The van der Waals surface area contributed by atoms with E-state index in [2.05, 4.69) is 27.5 Å². The summed E-state index contributed by atoms with van der Waals surface area (Å²) < 4.78 is 38.6. The van der Waals surface area contributed by atoms with Crippen LogP contribution in [-0.4, -0.2) is 23.1 Å². The average molecular weight is 302 g/mol. The number of nitrogens with zero attached hydrogens (tertiary/aromatic N) is 2. The van der Waals surface area contributed by atoms with Crippen LogP contribution in [0.15, 0.2) is 6.07 Å². The van der Waals surface area contributed by atoms with E-state index in [9.17, 15) is 13.2 Å². The first kappa shape index (κ1) is 15.9. The second kappa shape index (κ2) is 6.07. The van der Waals surface area contributed by atoms with Gasteiger partial charge in [0.1, 0.15) is 5.82 Å². The van der Waals surface area contributed by atoms with Crippen molar-refractivity contribution in [3.63, 3.8) is 0 Å². The Hall–Kier alpha value is -1.53. The third-order valence-corrected chi connectivity index (χ3v) is 3.90. The van der Waals surface area contributed by atoms with Crippen molar-refractivity contribution in [2.24, 2.45) is 5.41 Å². The highest BCUT2D eigenvalue weighted by Gasteiger charge is 2.40. The van der Waals surface area contributed by atoms with Crippen LogP contribution < -0.4 is 10.6 Å². The first-order chi connectivity index (χ1) is 9.88. The van der Waals surface area contributed by atoms with Crippen molar-refractivity contribution in [1.82, 2.24) is 9.97 Å². The van der Waals surface area contributed by atoms with Crippen molar-refractivity contribution in [1.29, 1.82) is 0 Å². The van der Waals surface area contributed by atoms with Crippen LogP contribution in [-0.2, 0) is 6.18 Å². The number of anilines is 2. The Kier molecular flexibility index (Phi) is 4.58. The van der Waals surface area contributed by atoms with Crippen LogP contribution in [0.2, 0.25) is 0 Å². The van der Waals surface area contributed by atoms with Crippen molar-refractivity contribution in [3.8, 4) is 0 Å². The molecule has 0 radical (unpaired) electrons. The highest BCUT2D eigenvalue weighted by molar-refractivity contribution is 5.43. The lowest BCUT2D eigenvalue weighted by Crippen LogP contribution is -2.18. The van der Waals surface area contributed by atoms with Crippen LogP contribution in [0.5, 0.6) is 0 Å². The molecule has 21 heavy (non-hydrogen) atoms. The molecule has 4 nitrogen and oxygen atoms in total. The second-order valence-corrected chi connectivity index (χ2v) is 5.59. The van der Waals surface area contributed by atoms with E-state index in [-0.39, 0.29) is 17.2 Å². The Morgan fingerprint density at radius 2 is 1.90 bits per heavy atom. The van der Waals surface area contributed by atoms with Crippen molar-refractivity contribution in [2.75, 3.05) is 23.7 Å². The van der Waals surface area contributed by atoms with Crippen molar-refractivity contribution >= 4 is 11.8 Å². The molecular formula is C14H21F3N4. The van der Waals surface area contributed by atoms with E-state index in [1.165, 1.54) is 0 Å². The lowest BCUT2D eigenvalue weighted by Gasteiger charge is -2.16. The molecule has 0 saturated heterocycles. The third kappa shape index (κ3) is 4.22. The molecular weight excluding hydrogens is 281 g/mol. The van der Waals surface area contributed by atoms with Gasteiger partial charge in [-0.25, -0.2) is 4.98 Å². The number of hydrogen-bond acceptors (Lipinski definition) is 4.